The molecule has 3 rings (SSSR count). The lowest BCUT2D eigenvalue weighted by atomic mass is 10.00. The van der Waals surface area contributed by atoms with Crippen molar-refractivity contribution in [2.45, 2.75) is 33.0 Å². The summed E-state index contributed by atoms with van der Waals surface area (Å²) in [5.41, 5.74) is 3.40. The van der Waals surface area contributed by atoms with Crippen molar-refractivity contribution in [3.05, 3.63) is 65.2 Å². The van der Waals surface area contributed by atoms with Gasteiger partial charge in [0, 0.05) is 33.2 Å². The highest BCUT2D eigenvalue weighted by Crippen LogP contribution is 2.19. The molecule has 0 spiro atoms. The number of nitrogens with one attached hydrogen (secondary N) is 1. The molecule has 32 heavy (non-hydrogen) atoms. The number of hydrogen-bond acceptors (Lipinski definition) is 3. The first-order valence-electron chi connectivity index (χ1n) is 10.3. The third-order valence-corrected chi connectivity index (χ3v) is 5.11. The van der Waals surface area contributed by atoms with Crippen molar-refractivity contribution in [3.8, 4) is 5.75 Å². The normalized spacial score (nSPS) is 13.3. The van der Waals surface area contributed by atoms with Crippen molar-refractivity contribution in [2.24, 2.45) is 4.99 Å². The summed E-state index contributed by atoms with van der Waals surface area (Å²) in [5.74, 6) is 0.726. The Hall–Kier alpha value is -2.43. The number of alkyl halides is 2. The van der Waals surface area contributed by atoms with E-state index in [1.807, 2.05) is 35.9 Å². The first-order chi connectivity index (χ1) is 15.0. The fraction of sp³-hybridized carbons (Fsp3) is 0.391. The first kappa shape index (κ1) is 25.8. The molecule has 0 aliphatic carbocycles. The second-order valence-corrected chi connectivity index (χ2v) is 7.38. The molecule has 0 saturated carbocycles. The Bertz CT molecular complexity index is 909. The Morgan fingerprint density at radius 2 is 1.88 bits per heavy atom. The summed E-state index contributed by atoms with van der Waals surface area (Å²) < 4.78 is 29.0. The van der Waals surface area contributed by atoms with Gasteiger partial charge in [0.05, 0.1) is 0 Å². The molecule has 1 N–H and O–H groups in total. The maximum atomic E-state index is 12.7. The predicted molar refractivity (Wildman–Crippen MR) is 131 cm³/mol. The van der Waals surface area contributed by atoms with Gasteiger partial charge in [0.1, 0.15) is 12.3 Å². The Kier molecular flexibility index (Phi) is 10.1. The number of benzene rings is 2. The summed E-state index contributed by atoms with van der Waals surface area (Å²) in [7, 11) is 1.87. The summed E-state index contributed by atoms with van der Waals surface area (Å²) in [5, 5.41) is 3.20. The molecule has 174 valence electrons. The third kappa shape index (κ3) is 7.32. The summed E-state index contributed by atoms with van der Waals surface area (Å²) >= 11 is 0. The minimum absolute atomic E-state index is 0. The van der Waals surface area contributed by atoms with E-state index in [1.165, 1.54) is 23.3 Å². The lowest BCUT2D eigenvalue weighted by Crippen LogP contribution is -2.41. The molecule has 1 heterocycles. The van der Waals surface area contributed by atoms with Gasteiger partial charge in [-0.3, -0.25) is 4.79 Å². The number of rotatable bonds is 7. The van der Waals surface area contributed by atoms with Crippen molar-refractivity contribution in [1.82, 2.24) is 15.1 Å². The molecular weight excluding hydrogens is 529 g/mol. The van der Waals surface area contributed by atoms with E-state index >= 15 is 0 Å². The van der Waals surface area contributed by atoms with Crippen LogP contribution in [0.5, 0.6) is 5.75 Å². The zero-order valence-corrected chi connectivity index (χ0v) is 20.6. The molecular formula is C23H29F2IN4O2. The van der Waals surface area contributed by atoms with E-state index in [9.17, 15) is 13.6 Å². The minimum atomic E-state index is -2.84. The average Bonchev–Trinajstić information content (AvgIpc) is 2.77. The molecule has 2 aromatic carbocycles. The number of fused-ring (bicyclic) bond motifs is 1. The number of amides is 1. The molecule has 1 amide bonds. The second-order valence-electron chi connectivity index (χ2n) is 7.38. The number of aliphatic imine (C=N–C) groups is 1. The minimum Gasteiger partial charge on any atom is -0.435 e. The van der Waals surface area contributed by atoms with E-state index < -0.39 is 6.61 Å². The zero-order valence-electron chi connectivity index (χ0n) is 18.3. The molecule has 6 nitrogen and oxygen atoms in total. The Balaban J connectivity index is 0.00000363. The monoisotopic (exact) mass is 558 g/mol. The van der Waals surface area contributed by atoms with E-state index in [4.69, 9.17) is 0 Å². The van der Waals surface area contributed by atoms with Crippen LogP contribution in [0.3, 0.4) is 0 Å². The molecule has 2 aromatic rings. The molecule has 1 aliphatic rings. The zero-order chi connectivity index (χ0) is 22.2. The molecule has 0 atom stereocenters. The Labute approximate surface area is 204 Å². The van der Waals surface area contributed by atoms with Crippen LogP contribution in [0.4, 0.5) is 8.78 Å². The van der Waals surface area contributed by atoms with Crippen LogP contribution in [0, 0.1) is 0 Å². The fourth-order valence-corrected chi connectivity index (χ4v) is 3.55. The molecule has 0 radical (unpaired) electrons. The molecule has 0 fully saturated rings. The topological polar surface area (TPSA) is 57.2 Å². The number of guanidine groups is 1. The van der Waals surface area contributed by atoms with Gasteiger partial charge in [0.25, 0.3) is 0 Å². The van der Waals surface area contributed by atoms with Crippen LogP contribution in [-0.2, 0) is 24.3 Å². The number of carbonyl (C=O) groups is 1. The molecule has 1 aliphatic heterocycles. The van der Waals surface area contributed by atoms with E-state index in [1.54, 1.807) is 12.1 Å². The molecule has 0 aromatic heterocycles. The van der Waals surface area contributed by atoms with Crippen LogP contribution in [0.1, 0.15) is 23.6 Å². The van der Waals surface area contributed by atoms with Gasteiger partial charge in [-0.15, -0.1) is 24.0 Å². The van der Waals surface area contributed by atoms with Gasteiger partial charge in [0.15, 0.2) is 5.96 Å². The van der Waals surface area contributed by atoms with E-state index in [-0.39, 0.29) is 42.2 Å². The lowest BCUT2D eigenvalue weighted by Gasteiger charge is -2.29. The number of ether oxygens (including phenoxy) is 1. The second kappa shape index (κ2) is 12.6. The number of hydrogen-bond donors (Lipinski definition) is 1. The lowest BCUT2D eigenvalue weighted by molar-refractivity contribution is -0.130. The van der Waals surface area contributed by atoms with E-state index in [0.717, 1.165) is 12.0 Å². The van der Waals surface area contributed by atoms with Crippen LogP contribution < -0.4 is 10.1 Å². The quantitative estimate of drug-likeness (QED) is 0.319. The highest BCUT2D eigenvalue weighted by Gasteiger charge is 2.20. The van der Waals surface area contributed by atoms with Gasteiger partial charge in [-0.1, -0.05) is 36.4 Å². The van der Waals surface area contributed by atoms with Crippen molar-refractivity contribution in [2.75, 3.05) is 26.7 Å². The average molecular weight is 558 g/mol. The maximum absolute atomic E-state index is 12.7. The van der Waals surface area contributed by atoms with Crippen LogP contribution in [0.15, 0.2) is 53.5 Å². The van der Waals surface area contributed by atoms with E-state index in [0.29, 0.717) is 32.1 Å². The SMILES string of the molecule is CCNC(=NCC(=O)N1CCc2ccccc2C1)N(C)Cc1ccc(OC(F)F)cc1.I. The van der Waals surface area contributed by atoms with Gasteiger partial charge in [0.2, 0.25) is 5.91 Å². The Morgan fingerprint density at radius 1 is 1.19 bits per heavy atom. The summed E-state index contributed by atoms with van der Waals surface area (Å²) in [6.45, 7) is 1.67. The van der Waals surface area contributed by atoms with Crippen molar-refractivity contribution >= 4 is 35.8 Å². The maximum Gasteiger partial charge on any atom is 0.387 e. The largest absolute Gasteiger partial charge is 0.435 e. The molecule has 9 heteroatoms. The van der Waals surface area contributed by atoms with Crippen molar-refractivity contribution in [3.63, 3.8) is 0 Å². The molecule has 0 bridgehead atoms. The summed E-state index contributed by atoms with van der Waals surface area (Å²) in [6, 6.07) is 14.7. The van der Waals surface area contributed by atoms with Gasteiger partial charge < -0.3 is 19.9 Å². The summed E-state index contributed by atoms with van der Waals surface area (Å²) in [6.07, 6.45) is 0.858. The van der Waals surface area contributed by atoms with Crippen molar-refractivity contribution in [1.29, 1.82) is 0 Å². The molecule has 0 saturated heterocycles. The van der Waals surface area contributed by atoms with Crippen LogP contribution >= 0.6 is 24.0 Å². The summed E-state index contributed by atoms with van der Waals surface area (Å²) in [4.78, 5) is 21.0. The highest BCUT2D eigenvalue weighted by atomic mass is 127. The Morgan fingerprint density at radius 3 is 2.53 bits per heavy atom. The van der Waals surface area contributed by atoms with Gasteiger partial charge in [-0.2, -0.15) is 8.78 Å². The van der Waals surface area contributed by atoms with Gasteiger partial charge in [-0.05, 0) is 42.2 Å². The highest BCUT2D eigenvalue weighted by molar-refractivity contribution is 14.0. The number of nitrogens with zero attached hydrogens (tertiary/aromatic N) is 3. The van der Waals surface area contributed by atoms with Gasteiger partial charge >= 0.3 is 6.61 Å². The predicted octanol–water partition coefficient (Wildman–Crippen LogP) is 3.89. The number of halogens is 3. The van der Waals surface area contributed by atoms with Crippen LogP contribution in [0.25, 0.3) is 0 Å². The third-order valence-electron chi connectivity index (χ3n) is 5.11. The number of carbonyl (C=O) groups excluding carboxylic acids is 1. The van der Waals surface area contributed by atoms with Crippen molar-refractivity contribution < 1.29 is 18.3 Å². The standard InChI is InChI=1S/C23H28F2N4O2.HI/c1-3-26-23(28(2)15-17-8-10-20(11-9-17)31-22(24)25)27-14-21(30)29-13-12-18-6-4-5-7-19(18)16-29;/h4-11,22H,3,12-16H2,1-2H3,(H,26,27);1H. The smallest absolute Gasteiger partial charge is 0.387 e. The van der Waals surface area contributed by atoms with Crippen LogP contribution in [-0.4, -0.2) is 55.0 Å². The van der Waals surface area contributed by atoms with Gasteiger partial charge in [-0.25, -0.2) is 4.99 Å². The molecule has 0 unspecified atom stereocenters. The van der Waals surface area contributed by atoms with E-state index in [2.05, 4.69) is 27.2 Å². The first-order valence-corrected chi connectivity index (χ1v) is 10.3. The van der Waals surface area contributed by atoms with Crippen LogP contribution in [0.2, 0.25) is 0 Å². The fourth-order valence-electron chi connectivity index (χ4n) is 3.55.